The second-order valence-corrected chi connectivity index (χ2v) is 4.11. The molecule has 0 spiro atoms. The van der Waals surface area contributed by atoms with Crippen molar-refractivity contribution in [3.63, 3.8) is 0 Å². The topological polar surface area (TPSA) is 17.8 Å². The van der Waals surface area contributed by atoms with Gasteiger partial charge in [-0.15, -0.1) is 0 Å². The van der Waals surface area contributed by atoms with Gasteiger partial charge in [-0.25, -0.2) is 4.98 Å². The molecule has 0 bridgehead atoms. The maximum Gasteiger partial charge on any atom is 0.106 e. The first kappa shape index (κ1) is 10.2. The van der Waals surface area contributed by atoms with E-state index in [2.05, 4.69) is 48.5 Å². The summed E-state index contributed by atoms with van der Waals surface area (Å²) in [4.78, 5) is 4.63. The van der Waals surface area contributed by atoms with Crippen molar-refractivity contribution in [1.82, 2.24) is 9.55 Å². The second kappa shape index (κ2) is 4.05. The first-order valence-electron chi connectivity index (χ1n) is 5.66. The van der Waals surface area contributed by atoms with Crippen molar-refractivity contribution < 1.29 is 0 Å². The number of rotatable bonds is 3. The second-order valence-electron chi connectivity index (χ2n) is 4.11. The molecule has 0 atom stereocenters. The van der Waals surface area contributed by atoms with Crippen molar-refractivity contribution in [2.45, 2.75) is 40.2 Å². The lowest BCUT2D eigenvalue weighted by Crippen LogP contribution is -1.99. The summed E-state index contributed by atoms with van der Waals surface area (Å²) < 4.78 is 2.33. The number of para-hydroxylation sites is 1. The van der Waals surface area contributed by atoms with E-state index in [9.17, 15) is 0 Å². The highest BCUT2D eigenvalue weighted by molar-refractivity contribution is 5.79. The summed E-state index contributed by atoms with van der Waals surface area (Å²) in [6.45, 7) is 7.52. The third-order valence-corrected chi connectivity index (χ3v) is 2.91. The highest BCUT2D eigenvalue weighted by Gasteiger charge is 2.07. The van der Waals surface area contributed by atoms with Crippen LogP contribution in [-0.2, 0) is 6.54 Å². The molecule has 0 unspecified atom stereocenters. The van der Waals surface area contributed by atoms with Crippen LogP contribution in [0.5, 0.6) is 0 Å². The van der Waals surface area contributed by atoms with Gasteiger partial charge in [-0.05, 0) is 31.9 Å². The molecule has 0 aliphatic rings. The van der Waals surface area contributed by atoms with Crippen molar-refractivity contribution >= 4 is 11.0 Å². The van der Waals surface area contributed by atoms with Crippen LogP contribution in [0.4, 0.5) is 0 Å². The Bertz CT molecular complexity index is 469. The number of benzene rings is 1. The van der Waals surface area contributed by atoms with Crippen molar-refractivity contribution in [2.75, 3.05) is 0 Å². The average Bonchev–Trinajstić information content (AvgIpc) is 2.54. The zero-order valence-corrected chi connectivity index (χ0v) is 9.75. The zero-order valence-electron chi connectivity index (χ0n) is 9.75. The molecule has 1 aromatic heterocycles. The minimum Gasteiger partial charge on any atom is -0.328 e. The van der Waals surface area contributed by atoms with E-state index in [0.717, 1.165) is 17.9 Å². The minimum atomic E-state index is 1.09. The van der Waals surface area contributed by atoms with E-state index in [0.29, 0.717) is 0 Å². The van der Waals surface area contributed by atoms with Crippen LogP contribution >= 0.6 is 0 Å². The SMILES string of the molecule is CCCCn1c(C)nc2c(C)cccc21. The summed E-state index contributed by atoms with van der Waals surface area (Å²) in [6.07, 6.45) is 2.45. The number of hydrogen-bond acceptors (Lipinski definition) is 1. The quantitative estimate of drug-likeness (QED) is 0.745. The fourth-order valence-electron chi connectivity index (χ4n) is 2.00. The van der Waals surface area contributed by atoms with Crippen LogP contribution in [0.2, 0.25) is 0 Å². The van der Waals surface area contributed by atoms with Gasteiger partial charge in [-0.3, -0.25) is 0 Å². The zero-order chi connectivity index (χ0) is 10.8. The van der Waals surface area contributed by atoms with Gasteiger partial charge in [0.15, 0.2) is 0 Å². The number of hydrogen-bond donors (Lipinski definition) is 0. The smallest absolute Gasteiger partial charge is 0.106 e. The van der Waals surface area contributed by atoms with Crippen LogP contribution in [0.1, 0.15) is 31.2 Å². The monoisotopic (exact) mass is 202 g/mol. The molecule has 80 valence electrons. The van der Waals surface area contributed by atoms with Gasteiger partial charge >= 0.3 is 0 Å². The van der Waals surface area contributed by atoms with Crippen molar-refractivity contribution in [3.05, 3.63) is 29.6 Å². The van der Waals surface area contributed by atoms with Crippen molar-refractivity contribution in [3.8, 4) is 0 Å². The van der Waals surface area contributed by atoms with E-state index in [4.69, 9.17) is 0 Å². The summed E-state index contributed by atoms with van der Waals surface area (Å²) in [5.74, 6) is 1.13. The van der Waals surface area contributed by atoms with E-state index < -0.39 is 0 Å². The Morgan fingerprint density at radius 1 is 1.27 bits per heavy atom. The molecule has 0 amide bonds. The van der Waals surface area contributed by atoms with Crippen LogP contribution in [0, 0.1) is 13.8 Å². The molecule has 2 aromatic rings. The Hall–Kier alpha value is -1.31. The molecule has 0 saturated heterocycles. The predicted octanol–water partition coefficient (Wildman–Crippen LogP) is 3.45. The number of fused-ring (bicyclic) bond motifs is 1. The summed E-state index contributed by atoms with van der Waals surface area (Å²) in [5.41, 5.74) is 3.71. The molecule has 2 heteroatoms. The van der Waals surface area contributed by atoms with E-state index in [-0.39, 0.29) is 0 Å². The lowest BCUT2D eigenvalue weighted by atomic mass is 10.2. The first-order chi connectivity index (χ1) is 7.24. The number of nitrogens with zero attached hydrogens (tertiary/aromatic N) is 2. The Morgan fingerprint density at radius 2 is 2.07 bits per heavy atom. The Balaban J connectivity index is 2.53. The van der Waals surface area contributed by atoms with Gasteiger partial charge in [-0.1, -0.05) is 25.5 Å². The standard InChI is InChI=1S/C13H18N2/c1-4-5-9-15-11(3)14-13-10(2)7-6-8-12(13)15/h6-8H,4-5,9H2,1-3H3. The molecule has 1 heterocycles. The number of aromatic nitrogens is 2. The maximum atomic E-state index is 4.63. The van der Waals surface area contributed by atoms with Gasteiger partial charge in [0.05, 0.1) is 11.0 Å². The third-order valence-electron chi connectivity index (χ3n) is 2.91. The fraction of sp³-hybridized carbons (Fsp3) is 0.462. The van der Waals surface area contributed by atoms with E-state index >= 15 is 0 Å². The maximum absolute atomic E-state index is 4.63. The van der Waals surface area contributed by atoms with Crippen molar-refractivity contribution in [2.24, 2.45) is 0 Å². The molecular formula is C13H18N2. The molecule has 0 saturated carbocycles. The summed E-state index contributed by atoms with van der Waals surface area (Å²) in [7, 11) is 0. The van der Waals surface area contributed by atoms with Crippen LogP contribution in [0.15, 0.2) is 18.2 Å². The highest BCUT2D eigenvalue weighted by Crippen LogP contribution is 2.19. The number of imidazole rings is 1. The van der Waals surface area contributed by atoms with Gasteiger partial charge in [0.25, 0.3) is 0 Å². The largest absolute Gasteiger partial charge is 0.328 e. The average molecular weight is 202 g/mol. The van der Waals surface area contributed by atoms with Gasteiger partial charge in [0, 0.05) is 6.54 Å². The minimum absolute atomic E-state index is 1.09. The van der Waals surface area contributed by atoms with E-state index in [1.165, 1.54) is 23.9 Å². The van der Waals surface area contributed by atoms with Gasteiger partial charge in [0.1, 0.15) is 5.82 Å². The highest BCUT2D eigenvalue weighted by atomic mass is 15.1. The Kier molecular flexibility index (Phi) is 2.76. The lowest BCUT2D eigenvalue weighted by molar-refractivity contribution is 0.631. The lowest BCUT2D eigenvalue weighted by Gasteiger charge is -2.05. The summed E-state index contributed by atoms with van der Waals surface area (Å²) in [6, 6.07) is 6.40. The van der Waals surface area contributed by atoms with Crippen LogP contribution < -0.4 is 0 Å². The molecule has 1 aromatic carbocycles. The van der Waals surface area contributed by atoms with Gasteiger partial charge < -0.3 is 4.57 Å². The number of aryl methyl sites for hydroxylation is 3. The molecule has 2 nitrogen and oxygen atoms in total. The Labute approximate surface area is 90.9 Å². The third kappa shape index (κ3) is 1.76. The van der Waals surface area contributed by atoms with Crippen molar-refractivity contribution in [1.29, 1.82) is 0 Å². The number of unbranched alkanes of at least 4 members (excludes halogenated alkanes) is 1. The fourth-order valence-corrected chi connectivity index (χ4v) is 2.00. The molecule has 0 aliphatic heterocycles. The van der Waals surface area contributed by atoms with E-state index in [1.54, 1.807) is 0 Å². The first-order valence-corrected chi connectivity index (χ1v) is 5.66. The predicted molar refractivity (Wildman–Crippen MR) is 64.1 cm³/mol. The van der Waals surface area contributed by atoms with Crippen LogP contribution in [0.25, 0.3) is 11.0 Å². The molecular weight excluding hydrogens is 184 g/mol. The molecule has 0 N–H and O–H groups in total. The Morgan fingerprint density at radius 3 is 2.80 bits per heavy atom. The summed E-state index contributed by atoms with van der Waals surface area (Å²) in [5, 5.41) is 0. The normalized spacial score (nSPS) is 11.1. The molecule has 0 aliphatic carbocycles. The molecule has 15 heavy (non-hydrogen) atoms. The van der Waals surface area contributed by atoms with Crippen LogP contribution in [-0.4, -0.2) is 9.55 Å². The van der Waals surface area contributed by atoms with E-state index in [1.807, 2.05) is 0 Å². The van der Waals surface area contributed by atoms with Crippen LogP contribution in [0.3, 0.4) is 0 Å². The molecule has 2 rings (SSSR count). The molecule has 0 fully saturated rings. The summed E-state index contributed by atoms with van der Waals surface area (Å²) >= 11 is 0. The van der Waals surface area contributed by atoms with Gasteiger partial charge in [0.2, 0.25) is 0 Å². The van der Waals surface area contributed by atoms with Gasteiger partial charge in [-0.2, -0.15) is 0 Å². The molecule has 0 radical (unpaired) electrons.